The highest BCUT2D eigenvalue weighted by atomic mass is 35.5. The molecule has 0 aliphatic rings. The second-order valence-electron chi connectivity index (χ2n) is 5.28. The van der Waals surface area contributed by atoms with Gasteiger partial charge in [0, 0.05) is 11.1 Å². The number of hydrogen-bond donors (Lipinski definition) is 0. The number of rotatable bonds is 4. The van der Waals surface area contributed by atoms with Gasteiger partial charge in [-0.15, -0.1) is 0 Å². The van der Waals surface area contributed by atoms with Crippen LogP contribution in [0.2, 0.25) is 0 Å². The molecule has 4 heteroatoms. The van der Waals surface area contributed by atoms with Crippen LogP contribution in [-0.4, -0.2) is 25.0 Å². The lowest BCUT2D eigenvalue weighted by Crippen LogP contribution is -3.00. The molecule has 2 aromatic carbocycles. The third kappa shape index (κ3) is 5.77. The third-order valence-corrected chi connectivity index (χ3v) is 4.70. The Kier molecular flexibility index (Phi) is 9.08. The van der Waals surface area contributed by atoms with Gasteiger partial charge in [0.05, 0.1) is 25.0 Å². The Balaban J connectivity index is 0.00000180. The van der Waals surface area contributed by atoms with Gasteiger partial charge < -0.3 is 24.8 Å². The molecule has 20 heavy (non-hydrogen) atoms. The molecule has 0 radical (unpaired) electrons. The fourth-order valence-corrected chi connectivity index (χ4v) is 3.88. The molecule has 0 unspecified atom stereocenters. The Bertz CT molecular complexity index is 490. The molecule has 0 amide bonds. The van der Waals surface area contributed by atoms with E-state index in [1.165, 1.54) is 33.4 Å². The Morgan fingerprint density at radius 3 is 1.30 bits per heavy atom. The molecule has 0 aromatic heterocycles. The smallest absolute Gasteiger partial charge is 0.132 e. The second kappa shape index (κ2) is 9.09. The lowest BCUT2D eigenvalue weighted by atomic mass is 10.1. The second-order valence-corrected chi connectivity index (χ2v) is 9.80. The van der Waals surface area contributed by atoms with Crippen molar-refractivity contribution in [1.29, 1.82) is 0 Å². The molecule has 0 nitrogen and oxygen atoms in total. The molecule has 0 saturated carbocycles. The first-order valence-electron chi connectivity index (χ1n) is 6.14. The molecule has 0 fully saturated rings. The molecule has 2 rings (SSSR count). The van der Waals surface area contributed by atoms with Gasteiger partial charge in [0.1, 0.15) is 11.5 Å². The van der Waals surface area contributed by atoms with Crippen molar-refractivity contribution in [3.05, 3.63) is 47.5 Å². The van der Waals surface area contributed by atoms with Gasteiger partial charge in [-0.1, -0.05) is 24.3 Å². The number of hydrogen-bond acceptors (Lipinski definition) is 0. The molecule has 0 heterocycles. The Labute approximate surface area is 141 Å². The van der Waals surface area contributed by atoms with Crippen molar-refractivity contribution in [1.82, 2.24) is 0 Å². The van der Waals surface area contributed by atoms with Gasteiger partial charge in [0.15, 0.2) is 0 Å². The normalized spacial score (nSPS) is 10.5. The summed E-state index contributed by atoms with van der Waals surface area (Å²) < 4.78 is 0. The van der Waals surface area contributed by atoms with Crippen LogP contribution in [0.15, 0.2) is 36.4 Å². The minimum atomic E-state index is 0. The lowest BCUT2D eigenvalue weighted by Gasteiger charge is -2.04. The van der Waals surface area contributed by atoms with Gasteiger partial charge in [-0.3, -0.25) is 0 Å². The molecule has 0 atom stereocenters. The minimum absolute atomic E-state index is 0. The van der Waals surface area contributed by atoms with Crippen LogP contribution in [0, 0.1) is 0 Å². The fraction of sp³-hybridized carbons (Fsp3) is 0.375. The molecule has 0 aliphatic carbocycles. The Morgan fingerprint density at radius 2 is 1.00 bits per heavy atom. The summed E-state index contributed by atoms with van der Waals surface area (Å²) in [5.41, 5.74) is 2.93. The number of fused-ring (bicyclic) bond motifs is 1. The van der Waals surface area contributed by atoms with Crippen LogP contribution in [-0.2, 0) is 33.3 Å². The molecule has 0 aliphatic heterocycles. The highest BCUT2D eigenvalue weighted by Crippen LogP contribution is 2.20. The van der Waals surface area contributed by atoms with Gasteiger partial charge in [0.25, 0.3) is 0 Å². The third-order valence-electron chi connectivity index (χ3n) is 2.88. The van der Waals surface area contributed by atoms with E-state index < -0.39 is 0 Å². The molecular formula is C16H22Cl2S2. The van der Waals surface area contributed by atoms with Crippen LogP contribution in [0.25, 0.3) is 10.8 Å². The zero-order valence-corrected chi connectivity index (χ0v) is 15.6. The minimum Gasteiger partial charge on any atom is -1.00 e. The summed E-state index contributed by atoms with van der Waals surface area (Å²) in [6.07, 6.45) is 9.21. The maximum atomic E-state index is 2.35. The highest BCUT2D eigenvalue weighted by molar-refractivity contribution is 7.95. The van der Waals surface area contributed by atoms with Crippen molar-refractivity contribution in [2.45, 2.75) is 11.5 Å². The summed E-state index contributed by atoms with van der Waals surface area (Å²) >= 11 is 0. The van der Waals surface area contributed by atoms with Gasteiger partial charge >= 0.3 is 0 Å². The van der Waals surface area contributed by atoms with Crippen LogP contribution in [0.3, 0.4) is 0 Å². The molecule has 112 valence electrons. The fourth-order valence-electron chi connectivity index (χ4n) is 2.19. The van der Waals surface area contributed by atoms with E-state index >= 15 is 0 Å². The summed E-state index contributed by atoms with van der Waals surface area (Å²) in [6, 6.07) is 13.8. The summed E-state index contributed by atoms with van der Waals surface area (Å²) in [4.78, 5) is 0. The van der Waals surface area contributed by atoms with Crippen molar-refractivity contribution in [3.63, 3.8) is 0 Å². The van der Waals surface area contributed by atoms with Crippen molar-refractivity contribution >= 4 is 32.6 Å². The van der Waals surface area contributed by atoms with E-state index in [4.69, 9.17) is 0 Å². The van der Waals surface area contributed by atoms with Crippen LogP contribution in [0.1, 0.15) is 11.1 Å². The number of benzene rings is 2. The van der Waals surface area contributed by atoms with Crippen LogP contribution < -0.4 is 24.8 Å². The first kappa shape index (κ1) is 20.0. The molecular weight excluding hydrogens is 327 g/mol. The van der Waals surface area contributed by atoms with Gasteiger partial charge in [0.2, 0.25) is 0 Å². The molecule has 2 aromatic rings. The van der Waals surface area contributed by atoms with Crippen LogP contribution in [0.5, 0.6) is 0 Å². The van der Waals surface area contributed by atoms with E-state index in [9.17, 15) is 0 Å². The highest BCUT2D eigenvalue weighted by Gasteiger charge is 2.08. The van der Waals surface area contributed by atoms with E-state index in [1.807, 2.05) is 0 Å². The van der Waals surface area contributed by atoms with Crippen LogP contribution >= 0.6 is 0 Å². The van der Waals surface area contributed by atoms with Crippen molar-refractivity contribution in [2.24, 2.45) is 0 Å². The van der Waals surface area contributed by atoms with Crippen molar-refractivity contribution < 1.29 is 24.8 Å². The maximum absolute atomic E-state index is 2.35. The molecule has 0 N–H and O–H groups in total. The lowest BCUT2D eigenvalue weighted by molar-refractivity contribution is -0.00100. The van der Waals surface area contributed by atoms with E-state index in [0.717, 1.165) is 0 Å². The van der Waals surface area contributed by atoms with E-state index in [1.54, 1.807) is 0 Å². The first-order valence-corrected chi connectivity index (χ1v) is 10.6. The maximum Gasteiger partial charge on any atom is 0.132 e. The summed E-state index contributed by atoms with van der Waals surface area (Å²) in [5.74, 6) is 2.40. The first-order chi connectivity index (χ1) is 8.54. The largest absolute Gasteiger partial charge is 1.00 e. The topological polar surface area (TPSA) is 0 Å². The predicted octanol–water partition coefficient (Wildman–Crippen LogP) is -2.40. The summed E-state index contributed by atoms with van der Waals surface area (Å²) in [6.45, 7) is 0. The van der Waals surface area contributed by atoms with Crippen molar-refractivity contribution in [2.75, 3.05) is 25.0 Å². The van der Waals surface area contributed by atoms with Crippen LogP contribution in [0.4, 0.5) is 0 Å². The zero-order chi connectivity index (χ0) is 13.1. The average Bonchev–Trinajstić information content (AvgIpc) is 2.27. The quantitative estimate of drug-likeness (QED) is 0.540. The number of halogens is 2. The van der Waals surface area contributed by atoms with E-state index in [-0.39, 0.29) is 24.8 Å². The van der Waals surface area contributed by atoms with E-state index in [0.29, 0.717) is 21.8 Å². The SMILES string of the molecule is C[S+](C)Cc1ccc2cc(C[S+](C)C)ccc2c1.[Cl-].[Cl-]. The standard InChI is InChI=1S/C16H22S2.2ClH/c1-17(2)11-13-5-7-16-10-14(12-18(3)4)6-8-15(16)9-13;;/h5-10H,11-12H2,1-4H3;2*1H/q+2;;/p-2. The van der Waals surface area contributed by atoms with Gasteiger partial charge in [-0.2, -0.15) is 0 Å². The molecule has 0 saturated heterocycles. The summed E-state index contributed by atoms with van der Waals surface area (Å²) in [7, 11) is 0.959. The van der Waals surface area contributed by atoms with Crippen molar-refractivity contribution in [3.8, 4) is 0 Å². The average molecular weight is 349 g/mol. The Hall–Kier alpha value is -0.0200. The predicted molar refractivity (Wildman–Crippen MR) is 89.8 cm³/mol. The summed E-state index contributed by atoms with van der Waals surface area (Å²) in [5, 5.41) is 2.77. The molecule has 0 bridgehead atoms. The monoisotopic (exact) mass is 348 g/mol. The van der Waals surface area contributed by atoms with E-state index in [2.05, 4.69) is 61.4 Å². The van der Waals surface area contributed by atoms with Gasteiger partial charge in [-0.25, -0.2) is 0 Å². The Morgan fingerprint density at radius 1 is 0.650 bits per heavy atom. The van der Waals surface area contributed by atoms with Gasteiger partial charge in [-0.05, 0) is 44.7 Å². The molecule has 0 spiro atoms. The zero-order valence-electron chi connectivity index (χ0n) is 12.5.